The lowest BCUT2D eigenvalue weighted by Gasteiger charge is -2.28. The Labute approximate surface area is 904 Å². The van der Waals surface area contributed by atoms with Crippen molar-refractivity contribution in [1.82, 2.24) is 0 Å². The lowest BCUT2D eigenvalue weighted by atomic mass is 10.00. The molecule has 0 heterocycles. The first-order valence-electron chi connectivity index (χ1n) is 53.7. The predicted molar refractivity (Wildman–Crippen MR) is 693 cm³/mol. The van der Waals surface area contributed by atoms with E-state index in [1.165, 1.54) is 244 Å². The van der Waals surface area contributed by atoms with Crippen LogP contribution < -0.4 is 73.1 Å². The molecule has 2 nitrogen and oxygen atoms in total. The molecule has 4 aliphatic rings. The van der Waals surface area contributed by atoms with Crippen LogP contribution >= 0.6 is 103 Å². The van der Waals surface area contributed by atoms with Crippen LogP contribution in [-0.4, -0.2) is 84.1 Å². The molecule has 14 heteroatoms. The molecule has 4 aliphatic carbocycles. The largest absolute Gasteiger partial charge is 0.496 e. The minimum absolute atomic E-state index is 0.512. The Morgan fingerprint density at radius 2 is 0.514 bits per heavy atom. The van der Waals surface area contributed by atoms with Gasteiger partial charge in [0, 0.05) is 10.6 Å². The van der Waals surface area contributed by atoms with Crippen molar-refractivity contribution in [3.8, 4) is 11.5 Å². The van der Waals surface area contributed by atoms with Crippen molar-refractivity contribution < 1.29 is 9.47 Å². The Hall–Kier alpha value is -4.60. The number of aryl methyl sites for hydroxylation is 14. The molecular formula is C130H192O2P12. The molecule has 0 spiro atoms. The Morgan fingerprint density at radius 3 is 0.771 bits per heavy atom. The molecule has 0 aliphatic heterocycles. The Morgan fingerprint density at radius 1 is 0.264 bits per heavy atom. The number of methoxy groups -OCH3 is 2. The lowest BCUT2D eigenvalue weighted by Crippen LogP contribution is -2.16. The lowest BCUT2D eigenvalue weighted by molar-refractivity contribution is 0.417. The van der Waals surface area contributed by atoms with Crippen molar-refractivity contribution >= 4 is 167 Å². The quantitative estimate of drug-likeness (QED) is 0.0630. The number of ether oxygens (including phenoxy) is 2. The molecule has 4 saturated carbocycles. The van der Waals surface area contributed by atoms with Crippen LogP contribution in [0, 0.1) is 96.9 Å². The summed E-state index contributed by atoms with van der Waals surface area (Å²) in [6, 6.07) is 95.0. The van der Waals surface area contributed by atoms with Crippen LogP contribution in [0.4, 0.5) is 0 Å². The summed E-state index contributed by atoms with van der Waals surface area (Å²) in [7, 11) is 14.9. The first-order valence-corrected chi connectivity index (χ1v) is 67.6. The summed E-state index contributed by atoms with van der Waals surface area (Å²) in [6.07, 6.45) is 30.6. The van der Waals surface area contributed by atoms with Crippen LogP contribution in [0.1, 0.15) is 277 Å². The highest BCUT2D eigenvalue weighted by atomic mass is 31.1. The van der Waals surface area contributed by atoms with E-state index in [4.69, 9.17) is 9.47 Å². The number of para-hydroxylation sites is 2. The van der Waals surface area contributed by atoms with E-state index in [1.807, 2.05) is 36.4 Å². The van der Waals surface area contributed by atoms with Crippen LogP contribution in [0.5, 0.6) is 11.5 Å². The average Bonchev–Trinajstić information content (AvgIpc) is 1.12. The summed E-state index contributed by atoms with van der Waals surface area (Å²) in [5.74, 6) is 1.86. The van der Waals surface area contributed by atoms with Crippen molar-refractivity contribution in [3.05, 3.63) is 345 Å². The predicted octanol–water partition coefficient (Wildman–Crippen LogP) is 34.5. The fraction of sp³-hybridized carbons (Fsp3) is 0.446. The third-order valence-corrected chi connectivity index (χ3v) is 41.2. The van der Waals surface area contributed by atoms with Crippen LogP contribution in [-0.2, 0) is 0 Å². The molecule has 0 amide bonds. The van der Waals surface area contributed by atoms with Crippen LogP contribution in [0.25, 0.3) is 0 Å². The maximum atomic E-state index is 5.36. The zero-order chi connectivity index (χ0) is 106. The number of rotatable bonds is 22. The molecule has 0 saturated heterocycles. The van der Waals surface area contributed by atoms with Gasteiger partial charge in [0.15, 0.2) is 0 Å². The molecule has 0 atom stereocenters. The van der Waals surface area contributed by atoms with Crippen molar-refractivity contribution in [2.75, 3.05) is 39.9 Å². The molecule has 0 radical (unpaired) electrons. The van der Waals surface area contributed by atoms with Gasteiger partial charge in [0.05, 0.1) is 14.2 Å². The van der Waals surface area contributed by atoms with E-state index in [2.05, 4.69) is 424 Å². The topological polar surface area (TPSA) is 18.5 Å². The Kier molecular flexibility index (Phi) is 67.1. The van der Waals surface area contributed by atoms with E-state index in [9.17, 15) is 0 Å². The van der Waals surface area contributed by atoms with Crippen molar-refractivity contribution in [3.63, 3.8) is 0 Å². The monoisotopic (exact) mass is 2160 g/mol. The molecule has 4 fully saturated rings. The highest BCUT2D eigenvalue weighted by Crippen LogP contribution is 2.45. The molecule has 0 unspecified atom stereocenters. The second-order valence-electron chi connectivity index (χ2n) is 42.1. The van der Waals surface area contributed by atoms with Gasteiger partial charge in [0.25, 0.3) is 0 Å². The smallest absolute Gasteiger partial charge is 0.126 e. The zero-order valence-electron chi connectivity index (χ0n) is 94.8. The average molecular weight is 2160 g/mol. The summed E-state index contributed by atoms with van der Waals surface area (Å²) in [6.45, 7) is 62.3. The summed E-state index contributed by atoms with van der Waals surface area (Å²) in [5, 5.41) is 17.8. The molecule has 144 heavy (non-hydrogen) atoms. The minimum Gasteiger partial charge on any atom is -0.496 e. The Bertz CT molecular complexity index is 5010. The summed E-state index contributed by atoms with van der Waals surface area (Å²) >= 11 is 0. The summed E-state index contributed by atoms with van der Waals surface area (Å²) in [4.78, 5) is 0. The van der Waals surface area contributed by atoms with Gasteiger partial charge in [-0.15, -0.1) is 51.5 Å². The number of benzene rings is 12. The molecule has 12 aromatic rings. The SMILES string of the molecule is C1CCC(PC2CCCC2)C1.C1CCC(PC2CCCCC2)CC1.CC(C)(C)PC(C)(C)C.CC(C)PC(C)C.CCPCC.COc1ccccc1Pc1ccccc1OC.CPC.Cc1cc(C)c(Pc2c(C)cc(C)cc2C)c(C)c1.Cc1cc(C)cc(Pc2cc(C)cc(C)c2)c1.Cc1ccc(Pc2ccc(C)cc2)cc1.Cc1ccccc1Pc1ccccc1C.c1ccc(Pc2ccccc2)cc1. The molecule has 12 aromatic carbocycles. The highest BCUT2D eigenvalue weighted by molar-refractivity contribution is 7.57. The van der Waals surface area contributed by atoms with Crippen LogP contribution in [0.2, 0.25) is 0 Å². The van der Waals surface area contributed by atoms with Crippen LogP contribution in [0.3, 0.4) is 0 Å². The third kappa shape index (κ3) is 58.3. The van der Waals surface area contributed by atoms with E-state index < -0.39 is 0 Å². The maximum Gasteiger partial charge on any atom is 0.126 e. The second kappa shape index (κ2) is 74.4. The van der Waals surface area contributed by atoms with Gasteiger partial charge in [-0.1, -0.05) is 498 Å². The van der Waals surface area contributed by atoms with E-state index in [0.29, 0.717) is 18.9 Å². The van der Waals surface area contributed by atoms with Crippen LogP contribution in [0.15, 0.2) is 267 Å². The minimum atomic E-state index is 0.512. The van der Waals surface area contributed by atoms with Gasteiger partial charge in [-0.3, -0.25) is 0 Å². The van der Waals surface area contributed by atoms with Crippen molar-refractivity contribution in [2.45, 2.75) is 340 Å². The van der Waals surface area contributed by atoms with E-state index >= 15 is 0 Å². The summed E-state index contributed by atoms with van der Waals surface area (Å²) < 4.78 is 10.7. The molecule has 0 aromatic heterocycles. The first-order chi connectivity index (χ1) is 68.8. The fourth-order valence-electron chi connectivity index (χ4n) is 18.4. The standard InChI is InChI=1S/C18H23P.C16H19P.C14H15O2P.2C14H15P.C12H23P.C12H11P.C10H19P.C8H19P.C6H15P.C4H11P.C2H7P/c1-11-7-13(3)17(14(4)8-11)19-18-15(5)9-12(2)10-16(18)6;1-11-5-12(2)8-15(7-11)17-16-9-13(3)6-14(4)10-16;1-15-11-7-3-5-9-13(11)17-14-10-6-4-8-12(14)16-2;1-11-3-7-13(8-4-11)15-14-9-5-12(2)6-10-14;1-11-7-3-5-9-13(11)15-14-10-6-4-8-12(14)2;2*1-3-7-11(8-4-1)13-12-9-5-2-6-10-12;1-2-6-9(5-1)11-10-7-3-4-8-10;1-7(2,3)9-8(4,5)6;1-5(2)7-6(3)4;1-3-5-4-2;1-3-2/h7-10,19H,1-6H3;5-10,17H,1-4H3;3-10,17H,1-2H3;2*3-10,15H,1-2H3;11-13H,1-10H2;1-10,13H;9-11H,1-8H2;9H,1-6H3;5-7H,1-4H3;5H,3-4H2,1-2H3;3H,1-2H3. The number of hydrogen-bond acceptors (Lipinski definition) is 2. The first kappa shape index (κ1) is 130. The normalized spacial score (nSPS) is 13.4. The van der Waals surface area contributed by atoms with Gasteiger partial charge in [-0.25, -0.2) is 0 Å². The second-order valence-corrected chi connectivity index (χ2v) is 62.9. The van der Waals surface area contributed by atoms with Gasteiger partial charge in [0.1, 0.15) is 11.5 Å². The molecule has 0 N–H and O–H groups in total. The third-order valence-electron chi connectivity index (χ3n) is 24.4. The van der Waals surface area contributed by atoms with Gasteiger partial charge < -0.3 is 9.47 Å². The van der Waals surface area contributed by atoms with Gasteiger partial charge in [0.2, 0.25) is 0 Å². The molecular weight excluding hydrogens is 1970 g/mol. The zero-order valence-corrected chi connectivity index (χ0v) is 107. The molecule has 784 valence electrons. The Balaban J connectivity index is 0.000000282. The van der Waals surface area contributed by atoms with E-state index in [1.54, 1.807) is 65.6 Å². The van der Waals surface area contributed by atoms with Gasteiger partial charge in [-0.05, 0) is 317 Å². The molecule has 0 bridgehead atoms. The fourth-order valence-corrected chi connectivity index (χ4v) is 34.2. The van der Waals surface area contributed by atoms with E-state index in [0.717, 1.165) is 114 Å². The summed E-state index contributed by atoms with van der Waals surface area (Å²) in [5.41, 5.74) is 25.7. The number of hydrogen-bond donors (Lipinski definition) is 0. The molecule has 16 rings (SSSR count). The van der Waals surface area contributed by atoms with Crippen molar-refractivity contribution in [2.24, 2.45) is 0 Å². The van der Waals surface area contributed by atoms with Gasteiger partial charge in [-0.2, -0.15) is 0 Å². The maximum absolute atomic E-state index is 5.36. The highest BCUT2D eigenvalue weighted by Gasteiger charge is 2.24. The van der Waals surface area contributed by atoms with E-state index in [-0.39, 0.29) is 0 Å². The van der Waals surface area contributed by atoms with Crippen molar-refractivity contribution in [1.29, 1.82) is 0 Å². The van der Waals surface area contributed by atoms with Gasteiger partial charge >= 0.3 is 0 Å².